The van der Waals surface area contributed by atoms with Crippen LogP contribution in [0.4, 0.5) is 4.79 Å². The largest absolute Gasteiger partial charge is 0.481 e. The number of thiophene rings is 1. The zero-order valence-electron chi connectivity index (χ0n) is 27.8. The van der Waals surface area contributed by atoms with Gasteiger partial charge in [-0.25, -0.2) is 14.8 Å². The van der Waals surface area contributed by atoms with E-state index >= 15 is 0 Å². The van der Waals surface area contributed by atoms with Gasteiger partial charge in [0.2, 0.25) is 11.8 Å². The molecule has 2 N–H and O–H groups in total. The summed E-state index contributed by atoms with van der Waals surface area (Å²) in [5, 5.41) is 15.4. The van der Waals surface area contributed by atoms with E-state index in [0.29, 0.717) is 41.0 Å². The molecule has 3 aromatic rings. The van der Waals surface area contributed by atoms with E-state index in [1.807, 2.05) is 29.7 Å². The van der Waals surface area contributed by atoms with Crippen LogP contribution in [0.3, 0.4) is 0 Å². The number of allylic oxidation sites excluding steroid dienone is 2. The number of nitrogens with zero attached hydrogens (tertiary/aromatic N) is 3. The van der Waals surface area contributed by atoms with Crippen molar-refractivity contribution in [3.63, 3.8) is 0 Å². The molecule has 0 bridgehead atoms. The summed E-state index contributed by atoms with van der Waals surface area (Å²) < 4.78 is 12.0. The van der Waals surface area contributed by atoms with Gasteiger partial charge in [0.05, 0.1) is 33.9 Å². The molecule has 1 saturated carbocycles. The molecule has 13 heteroatoms. The standard InChI is InChI=1S/C36H41ClN4O7S/c1-35(2,3)48-34(46)40-25-11-8-6-4-5-7-10-21-18-36(21,33(44)45)19-28(42)27-17-23(20-41(27)32(25)43)47-31-30(29-12-9-15-49-29)38-24-14-13-22(37)16-26(24)39-31/h7,9-10,12-16,21,23,25,27H,4-6,8,11,17-20H2,1-3H3,(H,40,46)(H,44,45)/b10-7-/t21-,23?,25+,27+,36-/m1/s1. The number of aromatic nitrogens is 2. The molecule has 6 rings (SSSR count). The van der Waals surface area contributed by atoms with Crippen LogP contribution in [0, 0.1) is 11.3 Å². The van der Waals surface area contributed by atoms with Crippen molar-refractivity contribution in [3.05, 3.63) is 52.9 Å². The van der Waals surface area contributed by atoms with Gasteiger partial charge in [-0.3, -0.25) is 14.4 Å². The number of amides is 2. The van der Waals surface area contributed by atoms with Crippen molar-refractivity contribution >= 4 is 57.7 Å². The highest BCUT2D eigenvalue weighted by Crippen LogP contribution is 2.57. The number of nitrogens with one attached hydrogen (secondary N) is 1. The molecule has 49 heavy (non-hydrogen) atoms. The number of hydrogen-bond donors (Lipinski definition) is 2. The summed E-state index contributed by atoms with van der Waals surface area (Å²) in [5.74, 6) is -1.80. The van der Waals surface area contributed by atoms with Gasteiger partial charge in [0.1, 0.15) is 23.4 Å². The van der Waals surface area contributed by atoms with E-state index < -0.39 is 47.2 Å². The average Bonchev–Trinajstić information content (AvgIpc) is 3.33. The number of ether oxygens (including phenoxy) is 2. The first-order valence-corrected chi connectivity index (χ1v) is 18.0. The number of carbonyl (C=O) groups excluding carboxylic acids is 3. The van der Waals surface area contributed by atoms with Gasteiger partial charge in [-0.15, -0.1) is 11.3 Å². The second-order valence-electron chi connectivity index (χ2n) is 14.1. The summed E-state index contributed by atoms with van der Waals surface area (Å²) in [6.45, 7) is 5.26. The van der Waals surface area contributed by atoms with Crippen LogP contribution in [0.2, 0.25) is 5.02 Å². The number of carboxylic acid groups (broad SMARTS) is 1. The summed E-state index contributed by atoms with van der Waals surface area (Å²) in [7, 11) is 0. The van der Waals surface area contributed by atoms with Crippen LogP contribution >= 0.6 is 22.9 Å². The van der Waals surface area contributed by atoms with Crippen LogP contribution in [0.1, 0.15) is 72.1 Å². The monoisotopic (exact) mass is 708 g/mol. The summed E-state index contributed by atoms with van der Waals surface area (Å²) in [5.41, 5.74) is -0.297. The van der Waals surface area contributed by atoms with Crippen molar-refractivity contribution in [3.8, 4) is 16.5 Å². The molecule has 0 radical (unpaired) electrons. The molecule has 2 aliphatic heterocycles. The zero-order chi connectivity index (χ0) is 34.9. The van der Waals surface area contributed by atoms with Gasteiger partial charge in [-0.05, 0) is 82.0 Å². The van der Waals surface area contributed by atoms with E-state index in [9.17, 15) is 24.3 Å². The molecule has 5 atom stereocenters. The van der Waals surface area contributed by atoms with Crippen LogP contribution < -0.4 is 10.1 Å². The minimum absolute atomic E-state index is 0.0320. The second-order valence-corrected chi connectivity index (χ2v) is 15.5. The number of carbonyl (C=O) groups is 4. The van der Waals surface area contributed by atoms with Crippen molar-refractivity contribution in [2.24, 2.45) is 11.3 Å². The van der Waals surface area contributed by atoms with Crippen molar-refractivity contribution in [1.29, 1.82) is 0 Å². The van der Waals surface area contributed by atoms with E-state index in [0.717, 1.165) is 24.1 Å². The Morgan fingerprint density at radius 1 is 1.12 bits per heavy atom. The molecular weight excluding hydrogens is 668 g/mol. The maximum Gasteiger partial charge on any atom is 0.408 e. The highest BCUT2D eigenvalue weighted by molar-refractivity contribution is 7.13. The lowest BCUT2D eigenvalue weighted by Gasteiger charge is -2.30. The number of benzene rings is 1. The Morgan fingerprint density at radius 3 is 2.67 bits per heavy atom. The Labute approximate surface area is 294 Å². The van der Waals surface area contributed by atoms with Gasteiger partial charge >= 0.3 is 12.1 Å². The Bertz CT molecular complexity index is 1770. The Hall–Kier alpha value is -4.03. The number of aliphatic carboxylic acids is 1. The van der Waals surface area contributed by atoms with Gasteiger partial charge in [0, 0.05) is 17.9 Å². The first kappa shape index (κ1) is 34.8. The van der Waals surface area contributed by atoms with Crippen molar-refractivity contribution in [1.82, 2.24) is 20.2 Å². The van der Waals surface area contributed by atoms with Crippen LogP contribution in [0.15, 0.2) is 47.9 Å². The van der Waals surface area contributed by atoms with Crippen LogP contribution in [-0.2, 0) is 19.1 Å². The number of carboxylic acids is 1. The summed E-state index contributed by atoms with van der Waals surface area (Å²) in [6, 6.07) is 7.12. The van der Waals surface area contributed by atoms with E-state index in [1.54, 1.807) is 39.0 Å². The number of halogens is 1. The van der Waals surface area contributed by atoms with Gasteiger partial charge in [-0.1, -0.05) is 42.7 Å². The molecule has 1 unspecified atom stereocenters. The molecule has 1 saturated heterocycles. The van der Waals surface area contributed by atoms with Gasteiger partial charge < -0.3 is 24.8 Å². The third kappa shape index (κ3) is 7.91. The highest BCUT2D eigenvalue weighted by atomic mass is 35.5. The SMILES string of the molecule is CC(C)(C)OC(=O)N[C@H]1CCCCC/C=C\[C@@H]2C[C@@]2(C(=O)O)CC(=O)[C@@H]2CC(Oc3nc4cc(Cl)ccc4nc3-c3cccs3)CN2C1=O. The normalized spacial score (nSPS) is 27.0. The predicted octanol–water partition coefficient (Wildman–Crippen LogP) is 6.82. The Kier molecular flexibility index (Phi) is 10.00. The number of hydrogen-bond acceptors (Lipinski definition) is 9. The fourth-order valence-corrected chi connectivity index (χ4v) is 7.62. The molecule has 1 aromatic carbocycles. The summed E-state index contributed by atoms with van der Waals surface area (Å²) in [6.07, 6.45) is 6.25. The molecule has 2 amide bonds. The molecule has 4 heterocycles. The molecule has 2 aromatic heterocycles. The quantitative estimate of drug-likeness (QED) is 0.272. The summed E-state index contributed by atoms with van der Waals surface area (Å²) in [4.78, 5) is 65.8. The number of ketones is 1. The van der Waals surface area contributed by atoms with E-state index in [1.165, 1.54) is 16.2 Å². The Balaban J connectivity index is 1.33. The third-order valence-corrected chi connectivity index (χ3v) is 10.4. The molecule has 11 nitrogen and oxygen atoms in total. The molecule has 260 valence electrons. The smallest absolute Gasteiger partial charge is 0.408 e. The van der Waals surface area contributed by atoms with E-state index in [4.69, 9.17) is 31.0 Å². The van der Waals surface area contributed by atoms with Crippen molar-refractivity contribution < 1.29 is 33.8 Å². The van der Waals surface area contributed by atoms with Crippen LogP contribution in [0.25, 0.3) is 21.6 Å². The third-order valence-electron chi connectivity index (χ3n) is 9.32. The zero-order valence-corrected chi connectivity index (χ0v) is 29.4. The lowest BCUT2D eigenvalue weighted by Crippen LogP contribution is -2.52. The van der Waals surface area contributed by atoms with Crippen molar-refractivity contribution in [2.45, 2.75) is 95.9 Å². The predicted molar refractivity (Wildman–Crippen MR) is 186 cm³/mol. The molecule has 2 fully saturated rings. The van der Waals surface area contributed by atoms with Crippen LogP contribution in [0.5, 0.6) is 5.88 Å². The second kappa shape index (κ2) is 14.1. The number of Topliss-reactive ketones (excluding diaryl/α,β-unsaturated/α-hetero) is 1. The van der Waals surface area contributed by atoms with E-state index in [2.05, 4.69) is 5.32 Å². The van der Waals surface area contributed by atoms with Crippen LogP contribution in [-0.4, -0.2) is 74.1 Å². The lowest BCUT2D eigenvalue weighted by molar-refractivity contribution is -0.147. The maximum absolute atomic E-state index is 14.4. The first-order valence-electron chi connectivity index (χ1n) is 16.7. The average molecular weight is 709 g/mol. The molecule has 1 aliphatic carbocycles. The number of rotatable bonds is 5. The van der Waals surface area contributed by atoms with Gasteiger partial charge in [0.25, 0.3) is 0 Å². The molecule has 3 aliphatic rings. The number of fused-ring (bicyclic) bond motifs is 3. The number of alkyl carbamates (subject to hydrolysis) is 1. The van der Waals surface area contributed by atoms with E-state index in [-0.39, 0.29) is 37.0 Å². The Morgan fingerprint density at radius 2 is 1.94 bits per heavy atom. The fraction of sp³-hybridized carbons (Fsp3) is 0.500. The van der Waals surface area contributed by atoms with Crippen molar-refractivity contribution in [2.75, 3.05) is 6.54 Å². The summed E-state index contributed by atoms with van der Waals surface area (Å²) >= 11 is 7.74. The van der Waals surface area contributed by atoms with Gasteiger partial charge in [-0.2, -0.15) is 0 Å². The highest BCUT2D eigenvalue weighted by Gasteiger charge is 2.61. The van der Waals surface area contributed by atoms with Gasteiger partial charge in [0.15, 0.2) is 5.78 Å². The molecular formula is C36H41ClN4O7S. The first-order chi connectivity index (χ1) is 23.3. The lowest BCUT2D eigenvalue weighted by atomic mass is 9.92. The minimum Gasteiger partial charge on any atom is -0.481 e. The molecule has 0 spiro atoms. The topological polar surface area (TPSA) is 148 Å². The minimum atomic E-state index is -1.20. The fourth-order valence-electron chi connectivity index (χ4n) is 6.75. The maximum atomic E-state index is 14.4.